The summed E-state index contributed by atoms with van der Waals surface area (Å²) in [5, 5.41) is 3.02. The van der Waals surface area contributed by atoms with E-state index < -0.39 is 0 Å². The number of nitrogens with one attached hydrogen (secondary N) is 1. The maximum absolute atomic E-state index is 3.02. The topological polar surface area (TPSA) is 12.0 Å². The van der Waals surface area contributed by atoms with Gasteiger partial charge in [-0.25, -0.2) is 0 Å². The number of hydrogen-bond donors (Lipinski definition) is 1. The molecule has 2 heteroatoms. The summed E-state index contributed by atoms with van der Waals surface area (Å²) < 4.78 is 0. The third kappa shape index (κ3) is 2.92. The Morgan fingerprint density at radius 1 is 1.29 bits per heavy atom. The standard InChI is InChI=1S/C5H7N.Na.H/c1-2-4-6-5-3-1;;/h1-4,6H,5H2;;. The molecule has 0 fully saturated rings. The summed E-state index contributed by atoms with van der Waals surface area (Å²) in [5.41, 5.74) is 0. The third-order valence-electron chi connectivity index (χ3n) is 0.697. The van der Waals surface area contributed by atoms with Crippen molar-refractivity contribution in [3.8, 4) is 0 Å². The maximum atomic E-state index is 3.02. The van der Waals surface area contributed by atoms with E-state index in [1.54, 1.807) is 0 Å². The average Bonchev–Trinajstić information content (AvgIpc) is 1.72. The van der Waals surface area contributed by atoms with Gasteiger partial charge >= 0.3 is 29.6 Å². The molecule has 1 rings (SSSR count). The number of dihydropyridines is 1. The van der Waals surface area contributed by atoms with E-state index >= 15 is 0 Å². The zero-order valence-electron chi connectivity index (χ0n) is 3.52. The molecule has 1 nitrogen and oxygen atoms in total. The van der Waals surface area contributed by atoms with Gasteiger partial charge < -0.3 is 5.32 Å². The van der Waals surface area contributed by atoms with Crippen molar-refractivity contribution in [2.45, 2.75) is 0 Å². The van der Waals surface area contributed by atoms with E-state index in [1.807, 2.05) is 18.4 Å². The van der Waals surface area contributed by atoms with Gasteiger partial charge in [-0.15, -0.1) is 0 Å². The monoisotopic (exact) mass is 105 g/mol. The second-order valence-electron chi connectivity index (χ2n) is 1.20. The van der Waals surface area contributed by atoms with Crippen LogP contribution in [0.25, 0.3) is 0 Å². The molecule has 34 valence electrons. The Hall–Kier alpha value is 0.280. The first-order valence-electron chi connectivity index (χ1n) is 2.05. The fraction of sp³-hybridized carbons (Fsp3) is 0.200. The van der Waals surface area contributed by atoms with Gasteiger partial charge in [0.05, 0.1) is 0 Å². The van der Waals surface area contributed by atoms with E-state index in [9.17, 15) is 0 Å². The Morgan fingerprint density at radius 2 is 2.14 bits per heavy atom. The first kappa shape index (κ1) is 7.28. The zero-order chi connectivity index (χ0) is 4.24. The van der Waals surface area contributed by atoms with Crippen molar-refractivity contribution >= 4 is 29.6 Å². The van der Waals surface area contributed by atoms with E-state index in [4.69, 9.17) is 0 Å². The molecule has 0 spiro atoms. The SMILES string of the molecule is C1=CCNC=C1.[NaH]. The van der Waals surface area contributed by atoms with Crippen LogP contribution in [0.3, 0.4) is 0 Å². The Balaban J connectivity index is 0.000000360. The van der Waals surface area contributed by atoms with Crippen molar-refractivity contribution in [2.24, 2.45) is 0 Å². The molecule has 7 heavy (non-hydrogen) atoms. The van der Waals surface area contributed by atoms with Gasteiger partial charge in [-0.05, 0) is 12.3 Å². The van der Waals surface area contributed by atoms with Crippen LogP contribution in [0.15, 0.2) is 24.4 Å². The molecule has 0 bridgehead atoms. The van der Waals surface area contributed by atoms with E-state index in [1.165, 1.54) is 0 Å². The van der Waals surface area contributed by atoms with Gasteiger partial charge in [0.1, 0.15) is 0 Å². The van der Waals surface area contributed by atoms with E-state index in [-0.39, 0.29) is 29.6 Å². The molecule has 0 saturated heterocycles. The summed E-state index contributed by atoms with van der Waals surface area (Å²) in [6.45, 7) is 0.983. The van der Waals surface area contributed by atoms with Crippen LogP contribution in [-0.2, 0) is 0 Å². The molecule has 0 aromatic carbocycles. The molecule has 0 aromatic heterocycles. The molecule has 0 unspecified atom stereocenters. The summed E-state index contributed by atoms with van der Waals surface area (Å²) in [6.07, 6.45) is 8.00. The van der Waals surface area contributed by atoms with Crippen LogP contribution in [0.4, 0.5) is 0 Å². The van der Waals surface area contributed by atoms with Crippen LogP contribution in [0, 0.1) is 0 Å². The van der Waals surface area contributed by atoms with E-state index in [0.29, 0.717) is 0 Å². The molecule has 0 saturated carbocycles. The molecule has 1 heterocycles. The molecular weight excluding hydrogens is 97.1 g/mol. The molecule has 0 amide bonds. The van der Waals surface area contributed by atoms with Gasteiger partial charge in [-0.3, -0.25) is 0 Å². The Morgan fingerprint density at radius 3 is 2.29 bits per heavy atom. The van der Waals surface area contributed by atoms with Crippen LogP contribution in [0.2, 0.25) is 0 Å². The molecule has 1 N–H and O–H groups in total. The summed E-state index contributed by atoms with van der Waals surface area (Å²) in [7, 11) is 0. The summed E-state index contributed by atoms with van der Waals surface area (Å²) in [4.78, 5) is 0. The van der Waals surface area contributed by atoms with Crippen LogP contribution in [0.5, 0.6) is 0 Å². The Labute approximate surface area is 65.8 Å². The van der Waals surface area contributed by atoms with Crippen LogP contribution in [0.1, 0.15) is 0 Å². The molecule has 0 aromatic rings. The number of allylic oxidation sites excluding steroid dienone is 2. The number of rotatable bonds is 0. The van der Waals surface area contributed by atoms with Crippen molar-refractivity contribution in [3.05, 3.63) is 24.4 Å². The minimum atomic E-state index is 0. The fourth-order valence-corrected chi connectivity index (χ4v) is 0.406. The Kier molecular flexibility index (Phi) is 4.62. The van der Waals surface area contributed by atoms with Crippen LogP contribution < -0.4 is 5.32 Å². The molecule has 1 aliphatic heterocycles. The zero-order valence-corrected chi connectivity index (χ0v) is 3.52. The molecule has 0 atom stereocenters. The normalized spacial score (nSPS) is 14.9. The molecule has 0 radical (unpaired) electrons. The number of hydrogen-bond acceptors (Lipinski definition) is 1. The third-order valence-corrected chi connectivity index (χ3v) is 0.697. The summed E-state index contributed by atoms with van der Waals surface area (Å²) in [6, 6.07) is 0. The summed E-state index contributed by atoms with van der Waals surface area (Å²) in [5.74, 6) is 0. The first-order valence-corrected chi connectivity index (χ1v) is 2.05. The molecule has 0 aliphatic carbocycles. The van der Waals surface area contributed by atoms with Crippen molar-refractivity contribution in [1.29, 1.82) is 0 Å². The van der Waals surface area contributed by atoms with Crippen LogP contribution >= 0.6 is 0 Å². The van der Waals surface area contributed by atoms with E-state index in [0.717, 1.165) is 6.54 Å². The second-order valence-corrected chi connectivity index (χ2v) is 1.20. The van der Waals surface area contributed by atoms with Gasteiger partial charge in [0.25, 0.3) is 0 Å². The van der Waals surface area contributed by atoms with Crippen molar-refractivity contribution in [1.82, 2.24) is 5.32 Å². The predicted octanol–water partition coefficient (Wildman–Crippen LogP) is 0.0110. The minimum absolute atomic E-state index is 0. The van der Waals surface area contributed by atoms with Crippen molar-refractivity contribution < 1.29 is 0 Å². The van der Waals surface area contributed by atoms with Gasteiger partial charge in [0, 0.05) is 6.54 Å². The fourth-order valence-electron chi connectivity index (χ4n) is 0.406. The van der Waals surface area contributed by atoms with Crippen molar-refractivity contribution in [2.75, 3.05) is 6.54 Å². The van der Waals surface area contributed by atoms with Gasteiger partial charge in [0.2, 0.25) is 0 Å². The Bertz CT molecular complexity index is 74.1. The first-order chi connectivity index (χ1) is 3.00. The van der Waals surface area contributed by atoms with E-state index in [2.05, 4.69) is 11.4 Å². The van der Waals surface area contributed by atoms with Crippen molar-refractivity contribution in [3.63, 3.8) is 0 Å². The van der Waals surface area contributed by atoms with Gasteiger partial charge in [-0.2, -0.15) is 0 Å². The predicted molar refractivity (Wildman–Crippen MR) is 33.4 cm³/mol. The molecule has 1 aliphatic rings. The average molecular weight is 105 g/mol. The van der Waals surface area contributed by atoms with Crippen LogP contribution in [-0.4, -0.2) is 36.1 Å². The molecular formula is C5H8NNa. The van der Waals surface area contributed by atoms with Gasteiger partial charge in [0.15, 0.2) is 0 Å². The van der Waals surface area contributed by atoms with Gasteiger partial charge in [-0.1, -0.05) is 12.2 Å². The quantitative estimate of drug-likeness (QED) is 0.428. The summed E-state index contributed by atoms with van der Waals surface area (Å²) >= 11 is 0. The second kappa shape index (κ2) is 4.44.